The topological polar surface area (TPSA) is 18.5 Å². The Hall–Kier alpha value is -1.49. The number of piperazine rings is 1. The van der Waals surface area contributed by atoms with Gasteiger partial charge >= 0.3 is 0 Å². The molecule has 0 amide bonds. The molecule has 1 aliphatic carbocycles. The molecule has 2 aliphatic rings. The molecule has 1 aliphatic heterocycles. The molecule has 1 saturated heterocycles. The molecule has 2 aromatic rings. The molecule has 2 fully saturated rings. The molecule has 3 nitrogen and oxygen atoms in total. The van der Waals surface area contributed by atoms with Crippen molar-refractivity contribution in [2.45, 2.75) is 42.1 Å². The van der Waals surface area contributed by atoms with Gasteiger partial charge in [0, 0.05) is 54.2 Å². The quantitative estimate of drug-likeness (QED) is 0.826. The van der Waals surface area contributed by atoms with Gasteiger partial charge in [-0.15, -0.1) is 0 Å². The van der Waals surface area contributed by atoms with Crippen LogP contribution in [0.5, 0.6) is 0 Å². The third kappa shape index (κ3) is 4.25. The number of nitrogens with one attached hydrogen (secondary N) is 1. The van der Waals surface area contributed by atoms with Gasteiger partial charge < -0.3 is 10.2 Å². The Labute approximate surface area is 161 Å². The van der Waals surface area contributed by atoms with Crippen LogP contribution in [0.2, 0.25) is 0 Å². The van der Waals surface area contributed by atoms with E-state index in [1.807, 2.05) is 18.8 Å². The molecule has 0 bridgehead atoms. The van der Waals surface area contributed by atoms with Gasteiger partial charge in [0.05, 0.1) is 0 Å². The third-order valence-corrected chi connectivity index (χ3v) is 6.53. The molecule has 0 radical (unpaired) electrons. The fourth-order valence-corrected chi connectivity index (χ4v) is 4.63. The largest absolute Gasteiger partial charge is 0.369 e. The van der Waals surface area contributed by atoms with Crippen LogP contribution < -0.4 is 10.2 Å². The second-order valence-electron chi connectivity index (χ2n) is 7.49. The lowest BCUT2D eigenvalue weighted by molar-refractivity contribution is 0.248. The molecule has 0 unspecified atom stereocenters. The average molecular weight is 368 g/mol. The van der Waals surface area contributed by atoms with Gasteiger partial charge in [-0.2, -0.15) is 0 Å². The Morgan fingerprint density at radius 3 is 2.38 bits per heavy atom. The molecule has 26 heavy (non-hydrogen) atoms. The maximum absolute atomic E-state index is 3.34. The first kappa shape index (κ1) is 17.9. The predicted octanol–water partition coefficient (Wildman–Crippen LogP) is 4.15. The summed E-state index contributed by atoms with van der Waals surface area (Å²) in [5, 5.41) is 3.34. The first-order valence-electron chi connectivity index (χ1n) is 9.74. The lowest BCUT2D eigenvalue weighted by Gasteiger charge is -2.36. The minimum atomic E-state index is 0.894. The predicted molar refractivity (Wildman–Crippen MR) is 111 cm³/mol. The van der Waals surface area contributed by atoms with Crippen molar-refractivity contribution in [2.24, 2.45) is 0 Å². The highest BCUT2D eigenvalue weighted by Crippen LogP contribution is 2.34. The van der Waals surface area contributed by atoms with Crippen molar-refractivity contribution in [2.75, 3.05) is 38.1 Å². The van der Waals surface area contributed by atoms with Crippen LogP contribution in [0.15, 0.2) is 52.3 Å². The number of rotatable bonds is 6. The second-order valence-corrected chi connectivity index (χ2v) is 8.61. The molecule has 1 saturated carbocycles. The first-order valence-corrected chi connectivity index (χ1v) is 10.6. The zero-order valence-corrected chi connectivity index (χ0v) is 16.7. The third-order valence-electron chi connectivity index (χ3n) is 5.40. The van der Waals surface area contributed by atoms with E-state index in [1.165, 1.54) is 52.5 Å². The minimum Gasteiger partial charge on any atom is -0.369 e. The van der Waals surface area contributed by atoms with Crippen LogP contribution in [0.25, 0.3) is 0 Å². The molecular weight excluding hydrogens is 338 g/mol. The smallest absolute Gasteiger partial charge is 0.0371 e. The van der Waals surface area contributed by atoms with E-state index in [1.54, 1.807) is 0 Å². The van der Waals surface area contributed by atoms with Crippen LogP contribution >= 0.6 is 11.8 Å². The number of hydrogen-bond donors (Lipinski definition) is 1. The number of anilines is 1. The molecule has 0 spiro atoms. The zero-order chi connectivity index (χ0) is 17.9. The Balaban J connectivity index is 1.48. The zero-order valence-electron chi connectivity index (χ0n) is 15.9. The molecular formula is C22H29N3S. The maximum atomic E-state index is 3.34. The summed E-state index contributed by atoms with van der Waals surface area (Å²) in [5.74, 6) is 0. The summed E-state index contributed by atoms with van der Waals surface area (Å²) in [6.45, 7) is 7.78. The summed E-state index contributed by atoms with van der Waals surface area (Å²) >= 11 is 1.86. The highest BCUT2D eigenvalue weighted by molar-refractivity contribution is 7.99. The Bertz CT molecular complexity index is 732. The SMILES string of the molecule is CNCc1cc(N2CCN(C3CC3)CC2)ccc1Sc1ccc(C)cc1. The fraction of sp³-hybridized carbons (Fsp3) is 0.455. The lowest BCUT2D eigenvalue weighted by atomic mass is 10.1. The summed E-state index contributed by atoms with van der Waals surface area (Å²) in [5.41, 5.74) is 4.07. The van der Waals surface area contributed by atoms with Crippen molar-refractivity contribution in [3.63, 3.8) is 0 Å². The van der Waals surface area contributed by atoms with Gasteiger partial charge in [-0.25, -0.2) is 0 Å². The van der Waals surface area contributed by atoms with Crippen molar-refractivity contribution < 1.29 is 0 Å². The van der Waals surface area contributed by atoms with Gasteiger partial charge in [0.2, 0.25) is 0 Å². The highest BCUT2D eigenvalue weighted by atomic mass is 32.2. The van der Waals surface area contributed by atoms with E-state index in [0.717, 1.165) is 25.7 Å². The van der Waals surface area contributed by atoms with Crippen LogP contribution in [0.1, 0.15) is 24.0 Å². The molecule has 2 aromatic carbocycles. The van der Waals surface area contributed by atoms with Crippen molar-refractivity contribution in [3.8, 4) is 0 Å². The summed E-state index contributed by atoms with van der Waals surface area (Å²) in [4.78, 5) is 7.88. The van der Waals surface area contributed by atoms with Gasteiger partial charge in [-0.1, -0.05) is 29.5 Å². The average Bonchev–Trinajstić information content (AvgIpc) is 3.51. The van der Waals surface area contributed by atoms with Crippen molar-refractivity contribution in [3.05, 3.63) is 53.6 Å². The minimum absolute atomic E-state index is 0.894. The molecule has 1 N–H and O–H groups in total. The summed E-state index contributed by atoms with van der Waals surface area (Å²) < 4.78 is 0. The van der Waals surface area contributed by atoms with Gasteiger partial charge in [-0.3, -0.25) is 4.90 Å². The lowest BCUT2D eigenvalue weighted by Crippen LogP contribution is -2.47. The van der Waals surface area contributed by atoms with E-state index < -0.39 is 0 Å². The Morgan fingerprint density at radius 1 is 1.00 bits per heavy atom. The van der Waals surface area contributed by atoms with Gasteiger partial charge in [0.1, 0.15) is 0 Å². The number of aryl methyl sites for hydroxylation is 1. The van der Waals surface area contributed by atoms with E-state index in [-0.39, 0.29) is 0 Å². The summed E-state index contributed by atoms with van der Waals surface area (Å²) in [6.07, 6.45) is 2.83. The first-order chi connectivity index (χ1) is 12.7. The second kappa shape index (κ2) is 8.03. The molecule has 0 aromatic heterocycles. The fourth-order valence-electron chi connectivity index (χ4n) is 3.71. The normalized spacial score (nSPS) is 18.3. The Kier molecular flexibility index (Phi) is 5.53. The molecule has 4 heteroatoms. The molecule has 4 rings (SSSR count). The van der Waals surface area contributed by atoms with E-state index in [2.05, 4.69) is 64.5 Å². The molecule has 1 heterocycles. The number of hydrogen-bond acceptors (Lipinski definition) is 4. The van der Waals surface area contributed by atoms with E-state index in [4.69, 9.17) is 0 Å². The van der Waals surface area contributed by atoms with Crippen molar-refractivity contribution >= 4 is 17.4 Å². The van der Waals surface area contributed by atoms with Crippen LogP contribution in [0.4, 0.5) is 5.69 Å². The maximum Gasteiger partial charge on any atom is 0.0371 e. The van der Waals surface area contributed by atoms with Crippen LogP contribution in [-0.4, -0.2) is 44.2 Å². The number of benzene rings is 2. The van der Waals surface area contributed by atoms with Crippen LogP contribution in [-0.2, 0) is 6.54 Å². The molecule has 0 atom stereocenters. The summed E-state index contributed by atoms with van der Waals surface area (Å²) in [7, 11) is 2.03. The van der Waals surface area contributed by atoms with Gasteiger partial charge in [-0.05, 0) is 62.7 Å². The van der Waals surface area contributed by atoms with E-state index >= 15 is 0 Å². The Morgan fingerprint density at radius 2 is 1.73 bits per heavy atom. The highest BCUT2D eigenvalue weighted by Gasteiger charge is 2.31. The summed E-state index contributed by atoms with van der Waals surface area (Å²) in [6, 6.07) is 16.7. The van der Waals surface area contributed by atoms with Gasteiger partial charge in [0.25, 0.3) is 0 Å². The van der Waals surface area contributed by atoms with Crippen molar-refractivity contribution in [1.29, 1.82) is 0 Å². The number of nitrogens with zero attached hydrogens (tertiary/aromatic N) is 2. The van der Waals surface area contributed by atoms with Gasteiger partial charge in [0.15, 0.2) is 0 Å². The van der Waals surface area contributed by atoms with E-state index in [0.29, 0.717) is 0 Å². The van der Waals surface area contributed by atoms with E-state index in [9.17, 15) is 0 Å². The monoisotopic (exact) mass is 367 g/mol. The molecule has 138 valence electrons. The van der Waals surface area contributed by atoms with Crippen LogP contribution in [0, 0.1) is 6.92 Å². The standard InChI is InChI=1S/C22H29N3S/c1-17-3-8-21(9-4-17)26-22-10-7-20(15-18(22)16-23-2)25-13-11-24(12-14-25)19-5-6-19/h3-4,7-10,15,19,23H,5-6,11-14,16H2,1-2H3. The van der Waals surface area contributed by atoms with Crippen LogP contribution in [0.3, 0.4) is 0 Å². The van der Waals surface area contributed by atoms with Crippen molar-refractivity contribution in [1.82, 2.24) is 10.2 Å².